The number of hydrogen-bond acceptors (Lipinski definition) is 4. The number of benzene rings is 1. The molecule has 0 fully saturated rings. The molecule has 1 atom stereocenters. The van der Waals surface area contributed by atoms with Crippen LogP contribution >= 0.6 is 0 Å². The van der Waals surface area contributed by atoms with Crippen molar-refractivity contribution in [1.29, 1.82) is 5.26 Å². The highest BCUT2D eigenvalue weighted by atomic mass is 16.5. The molecule has 5 heteroatoms. The minimum absolute atomic E-state index is 0.470. The smallest absolute Gasteiger partial charge is 0.136 e. The maximum Gasteiger partial charge on any atom is 0.136 e. The van der Waals surface area contributed by atoms with Crippen LogP contribution in [-0.4, -0.2) is 23.2 Å². The number of nitrogens with zero attached hydrogens (tertiary/aromatic N) is 3. The maximum atomic E-state index is 9.13. The summed E-state index contributed by atoms with van der Waals surface area (Å²) in [6.07, 6.45) is 6.33. The summed E-state index contributed by atoms with van der Waals surface area (Å²) in [5.41, 5.74) is 1.67. The van der Waals surface area contributed by atoms with E-state index in [0.717, 1.165) is 25.2 Å². The molecule has 0 spiro atoms. The molecule has 5 nitrogen and oxygen atoms in total. The number of methoxy groups -OCH3 is 1. The van der Waals surface area contributed by atoms with Crippen LogP contribution in [0, 0.1) is 11.3 Å². The van der Waals surface area contributed by atoms with Crippen LogP contribution in [0.5, 0.6) is 5.75 Å². The molecule has 0 unspecified atom stereocenters. The van der Waals surface area contributed by atoms with Crippen LogP contribution in [0.4, 0.5) is 0 Å². The Morgan fingerprint density at radius 2 is 2.41 bits per heavy atom. The van der Waals surface area contributed by atoms with Gasteiger partial charge in [-0.1, -0.05) is 6.07 Å². The number of rotatable bonds is 5. The van der Waals surface area contributed by atoms with Gasteiger partial charge in [-0.05, 0) is 30.5 Å². The Morgan fingerprint density at radius 1 is 1.50 bits per heavy atom. The van der Waals surface area contributed by atoms with E-state index in [9.17, 15) is 0 Å². The fourth-order valence-electron chi connectivity index (χ4n) is 3.04. The standard InChI is InChI=1S/C17H20N4O/c1-22-16-5-4-13(9-15(16)10-18)11-19-12-14-3-2-7-21-8-6-20-17(14)21/h4-6,8-9,14,19H,2-3,7,11-12H2,1H3/t14-/m0/s1. The van der Waals surface area contributed by atoms with Crippen molar-refractivity contribution < 1.29 is 4.74 Å². The second kappa shape index (κ2) is 6.63. The first-order valence-corrected chi connectivity index (χ1v) is 7.60. The molecule has 1 N–H and O–H groups in total. The number of nitriles is 1. The number of hydrogen-bond donors (Lipinski definition) is 1. The molecule has 22 heavy (non-hydrogen) atoms. The second-order valence-corrected chi connectivity index (χ2v) is 5.60. The van der Waals surface area contributed by atoms with E-state index in [-0.39, 0.29) is 0 Å². The summed E-state index contributed by atoms with van der Waals surface area (Å²) in [5.74, 6) is 2.28. The van der Waals surface area contributed by atoms with Gasteiger partial charge in [-0.3, -0.25) is 0 Å². The van der Waals surface area contributed by atoms with Crippen molar-refractivity contribution in [3.05, 3.63) is 47.5 Å². The third-order valence-corrected chi connectivity index (χ3v) is 4.17. The lowest BCUT2D eigenvalue weighted by Gasteiger charge is -2.23. The zero-order valence-corrected chi connectivity index (χ0v) is 12.7. The largest absolute Gasteiger partial charge is 0.495 e. The molecule has 0 bridgehead atoms. The summed E-state index contributed by atoms with van der Waals surface area (Å²) in [6.45, 7) is 2.73. The first kappa shape index (κ1) is 14.6. The van der Waals surface area contributed by atoms with Gasteiger partial charge in [0.05, 0.1) is 12.7 Å². The van der Waals surface area contributed by atoms with Crippen LogP contribution in [-0.2, 0) is 13.1 Å². The summed E-state index contributed by atoms with van der Waals surface area (Å²) in [5, 5.41) is 12.6. The highest BCUT2D eigenvalue weighted by Gasteiger charge is 2.20. The predicted octanol–water partition coefficient (Wildman–Crippen LogP) is 2.43. The van der Waals surface area contributed by atoms with E-state index < -0.39 is 0 Å². The van der Waals surface area contributed by atoms with Gasteiger partial charge in [-0.15, -0.1) is 0 Å². The van der Waals surface area contributed by atoms with Crippen molar-refractivity contribution in [3.63, 3.8) is 0 Å². The highest BCUT2D eigenvalue weighted by molar-refractivity contribution is 5.45. The molecular weight excluding hydrogens is 276 g/mol. The van der Waals surface area contributed by atoms with E-state index in [1.807, 2.05) is 24.4 Å². The van der Waals surface area contributed by atoms with E-state index in [0.29, 0.717) is 17.2 Å². The number of aryl methyl sites for hydroxylation is 1. The molecule has 2 aromatic rings. The van der Waals surface area contributed by atoms with E-state index >= 15 is 0 Å². The molecule has 0 aliphatic carbocycles. The molecule has 0 amide bonds. The fourth-order valence-corrected chi connectivity index (χ4v) is 3.04. The Bertz CT molecular complexity index is 686. The lowest BCUT2D eigenvalue weighted by molar-refractivity contribution is 0.412. The fraction of sp³-hybridized carbons (Fsp3) is 0.412. The number of fused-ring (bicyclic) bond motifs is 1. The van der Waals surface area contributed by atoms with Gasteiger partial charge >= 0.3 is 0 Å². The average molecular weight is 296 g/mol. The van der Waals surface area contributed by atoms with Crippen LogP contribution in [0.3, 0.4) is 0 Å². The van der Waals surface area contributed by atoms with Gasteiger partial charge in [0.25, 0.3) is 0 Å². The van der Waals surface area contributed by atoms with E-state index in [4.69, 9.17) is 10.00 Å². The minimum Gasteiger partial charge on any atom is -0.495 e. The third kappa shape index (κ3) is 2.97. The van der Waals surface area contributed by atoms with Crippen molar-refractivity contribution in [2.75, 3.05) is 13.7 Å². The van der Waals surface area contributed by atoms with Gasteiger partial charge in [0, 0.05) is 37.9 Å². The van der Waals surface area contributed by atoms with Gasteiger partial charge in [0.2, 0.25) is 0 Å². The number of aromatic nitrogens is 2. The van der Waals surface area contributed by atoms with Crippen LogP contribution in [0.15, 0.2) is 30.6 Å². The number of imidazole rings is 1. The van der Waals surface area contributed by atoms with E-state index in [1.54, 1.807) is 7.11 Å². The Balaban J connectivity index is 1.59. The zero-order chi connectivity index (χ0) is 15.4. The quantitative estimate of drug-likeness (QED) is 0.920. The Morgan fingerprint density at radius 3 is 3.23 bits per heavy atom. The molecule has 0 radical (unpaired) electrons. The zero-order valence-electron chi connectivity index (χ0n) is 12.7. The number of nitrogens with one attached hydrogen (secondary N) is 1. The molecule has 114 valence electrons. The third-order valence-electron chi connectivity index (χ3n) is 4.17. The molecular formula is C17H20N4O. The van der Waals surface area contributed by atoms with Gasteiger partial charge in [-0.25, -0.2) is 4.98 Å². The Kier molecular flexibility index (Phi) is 4.40. The van der Waals surface area contributed by atoms with Crippen LogP contribution in [0.25, 0.3) is 0 Å². The molecule has 1 aliphatic heterocycles. The van der Waals surface area contributed by atoms with Crippen molar-refractivity contribution in [2.45, 2.75) is 31.8 Å². The van der Waals surface area contributed by atoms with Gasteiger partial charge < -0.3 is 14.6 Å². The van der Waals surface area contributed by atoms with Crippen molar-refractivity contribution >= 4 is 0 Å². The lowest BCUT2D eigenvalue weighted by Crippen LogP contribution is -2.26. The summed E-state index contributed by atoms with van der Waals surface area (Å²) in [7, 11) is 1.58. The maximum absolute atomic E-state index is 9.13. The topological polar surface area (TPSA) is 62.9 Å². The average Bonchev–Trinajstić information content (AvgIpc) is 3.04. The van der Waals surface area contributed by atoms with Crippen LogP contribution < -0.4 is 10.1 Å². The molecule has 1 aromatic carbocycles. The van der Waals surface area contributed by atoms with Gasteiger partial charge in [0.15, 0.2) is 0 Å². The lowest BCUT2D eigenvalue weighted by atomic mass is 9.99. The molecule has 1 aliphatic rings. The predicted molar refractivity (Wildman–Crippen MR) is 83.6 cm³/mol. The van der Waals surface area contributed by atoms with Crippen molar-refractivity contribution in [1.82, 2.24) is 14.9 Å². The molecule has 3 rings (SSSR count). The van der Waals surface area contributed by atoms with Crippen molar-refractivity contribution in [2.24, 2.45) is 0 Å². The summed E-state index contributed by atoms with van der Waals surface area (Å²) < 4.78 is 7.41. The Hall–Kier alpha value is -2.32. The molecule has 2 heterocycles. The normalized spacial score (nSPS) is 16.8. The minimum atomic E-state index is 0.470. The monoisotopic (exact) mass is 296 g/mol. The van der Waals surface area contributed by atoms with Crippen molar-refractivity contribution in [3.8, 4) is 11.8 Å². The number of ether oxygens (including phenoxy) is 1. The van der Waals surface area contributed by atoms with Gasteiger partial charge in [-0.2, -0.15) is 5.26 Å². The van der Waals surface area contributed by atoms with Crippen LogP contribution in [0.1, 0.15) is 35.7 Å². The summed E-state index contributed by atoms with van der Waals surface area (Å²) in [4.78, 5) is 4.48. The summed E-state index contributed by atoms with van der Waals surface area (Å²) in [6, 6.07) is 7.90. The SMILES string of the molecule is COc1ccc(CNC[C@@H]2CCCn3ccnc32)cc1C#N. The van der Waals surface area contributed by atoms with Gasteiger partial charge in [0.1, 0.15) is 17.6 Å². The summed E-state index contributed by atoms with van der Waals surface area (Å²) >= 11 is 0. The van der Waals surface area contributed by atoms with E-state index in [1.165, 1.54) is 18.7 Å². The Labute approximate surface area is 130 Å². The van der Waals surface area contributed by atoms with Crippen LogP contribution in [0.2, 0.25) is 0 Å². The highest BCUT2D eigenvalue weighted by Crippen LogP contribution is 2.25. The second-order valence-electron chi connectivity index (χ2n) is 5.60. The molecule has 0 saturated carbocycles. The first-order chi connectivity index (χ1) is 10.8. The van der Waals surface area contributed by atoms with E-state index in [2.05, 4.69) is 27.1 Å². The molecule has 0 saturated heterocycles. The first-order valence-electron chi connectivity index (χ1n) is 7.60. The molecule has 1 aromatic heterocycles.